The van der Waals surface area contributed by atoms with Crippen LogP contribution in [0.5, 0.6) is 0 Å². The summed E-state index contributed by atoms with van der Waals surface area (Å²) in [4.78, 5) is 27.5. The molecule has 4 heterocycles. The van der Waals surface area contributed by atoms with Gasteiger partial charge in [0.1, 0.15) is 11.6 Å². The van der Waals surface area contributed by atoms with E-state index in [0.717, 1.165) is 33.8 Å². The first-order valence-corrected chi connectivity index (χ1v) is 11.5. The number of fused-ring (bicyclic) bond motifs is 2. The molecule has 8 nitrogen and oxygen atoms in total. The predicted molar refractivity (Wildman–Crippen MR) is 130 cm³/mol. The molecule has 37 heavy (non-hydrogen) atoms. The number of anilines is 1. The monoisotopic (exact) mass is 503 g/mol. The van der Waals surface area contributed by atoms with Crippen LogP contribution in [0.3, 0.4) is 0 Å². The Morgan fingerprint density at radius 1 is 1.00 bits per heavy atom. The number of carbonyl (C=O) groups is 1. The van der Waals surface area contributed by atoms with E-state index in [1.807, 2.05) is 25.2 Å². The number of halogens is 3. The molecular formula is C26H20F3N7O. The van der Waals surface area contributed by atoms with Crippen molar-refractivity contribution in [2.45, 2.75) is 19.1 Å². The molecule has 186 valence electrons. The molecule has 2 aromatic carbocycles. The number of nitrogens with zero attached hydrogens (tertiary/aromatic N) is 7. The van der Waals surface area contributed by atoms with Gasteiger partial charge in [-0.15, -0.1) is 0 Å². The van der Waals surface area contributed by atoms with E-state index in [1.165, 1.54) is 11.6 Å². The molecule has 1 aliphatic heterocycles. The van der Waals surface area contributed by atoms with Crippen LogP contribution in [-0.2, 0) is 38.0 Å². The number of benzene rings is 2. The van der Waals surface area contributed by atoms with Gasteiger partial charge in [0.25, 0.3) is 0 Å². The van der Waals surface area contributed by atoms with E-state index in [2.05, 4.69) is 15.1 Å². The quantitative estimate of drug-likeness (QED) is 0.360. The van der Waals surface area contributed by atoms with E-state index < -0.39 is 11.9 Å². The molecular weight excluding hydrogens is 483 g/mol. The van der Waals surface area contributed by atoms with Gasteiger partial charge >= 0.3 is 6.18 Å². The first-order chi connectivity index (χ1) is 17.7. The molecule has 1 amide bonds. The summed E-state index contributed by atoms with van der Waals surface area (Å²) >= 11 is 0. The van der Waals surface area contributed by atoms with E-state index in [4.69, 9.17) is 4.98 Å². The molecule has 0 atom stereocenters. The smallest absolute Gasteiger partial charge is 0.333 e. The Kier molecular flexibility index (Phi) is 5.11. The molecule has 0 radical (unpaired) electrons. The van der Waals surface area contributed by atoms with Crippen molar-refractivity contribution in [2.75, 3.05) is 4.90 Å². The molecule has 6 rings (SSSR count). The number of para-hydroxylation sites is 1. The Hall–Kier alpha value is -4.54. The van der Waals surface area contributed by atoms with Gasteiger partial charge < -0.3 is 4.57 Å². The molecule has 0 saturated carbocycles. The number of aryl methyl sites for hydroxylation is 2. The molecule has 0 aliphatic carbocycles. The lowest BCUT2D eigenvalue weighted by molar-refractivity contribution is -0.140. The summed E-state index contributed by atoms with van der Waals surface area (Å²) in [6.45, 7) is 0.271. The molecule has 3 aromatic heterocycles. The molecule has 5 aromatic rings. The minimum Gasteiger partial charge on any atom is -0.333 e. The van der Waals surface area contributed by atoms with Crippen LogP contribution < -0.4 is 4.90 Å². The zero-order valence-electron chi connectivity index (χ0n) is 19.9. The fourth-order valence-corrected chi connectivity index (χ4v) is 4.65. The molecule has 0 fully saturated rings. The second-order valence-electron chi connectivity index (χ2n) is 8.97. The van der Waals surface area contributed by atoms with E-state index in [-0.39, 0.29) is 24.7 Å². The standard InChI is InChI=1S/C26H20F3N7O/c1-34-14-20(26(27,28)29)32-24(34)16-8-6-15(7-9-16)13-36-21(37)10-18-11-30-23(33-25(18)36)19-5-3-4-17-12-31-35(2)22(17)19/h3-9,11-12,14H,10,13H2,1-2H3. The Morgan fingerprint density at radius 2 is 1.78 bits per heavy atom. The maximum Gasteiger partial charge on any atom is 0.434 e. The molecule has 0 N–H and O–H groups in total. The van der Waals surface area contributed by atoms with Gasteiger partial charge in [-0.3, -0.25) is 14.4 Å². The Bertz CT molecular complexity index is 1670. The van der Waals surface area contributed by atoms with Crippen molar-refractivity contribution in [3.05, 3.63) is 77.9 Å². The number of imidazole rings is 1. The van der Waals surface area contributed by atoms with Gasteiger partial charge in [0, 0.05) is 48.6 Å². The summed E-state index contributed by atoms with van der Waals surface area (Å²) in [6, 6.07) is 12.8. The highest BCUT2D eigenvalue weighted by atomic mass is 19.4. The number of rotatable bonds is 4. The van der Waals surface area contributed by atoms with Crippen LogP contribution in [0.15, 0.2) is 61.1 Å². The van der Waals surface area contributed by atoms with Gasteiger partial charge in [0.05, 0.1) is 24.7 Å². The highest BCUT2D eigenvalue weighted by molar-refractivity contribution is 6.00. The SMILES string of the molecule is Cn1cc(C(F)(F)F)nc1-c1ccc(CN2C(=O)Cc3cnc(-c4cccc5cnn(C)c45)nc32)cc1. The molecule has 0 bridgehead atoms. The lowest BCUT2D eigenvalue weighted by Crippen LogP contribution is -2.26. The normalized spacial score (nSPS) is 13.5. The van der Waals surface area contributed by atoms with Crippen molar-refractivity contribution in [1.29, 1.82) is 0 Å². The number of aromatic nitrogens is 6. The van der Waals surface area contributed by atoms with Crippen molar-refractivity contribution >= 4 is 22.6 Å². The van der Waals surface area contributed by atoms with Gasteiger partial charge in [-0.1, -0.05) is 36.4 Å². The second kappa shape index (κ2) is 8.26. The summed E-state index contributed by atoms with van der Waals surface area (Å²) < 4.78 is 42.2. The van der Waals surface area contributed by atoms with Gasteiger partial charge in [-0.05, 0) is 11.6 Å². The lowest BCUT2D eigenvalue weighted by Gasteiger charge is -2.17. The number of alkyl halides is 3. The summed E-state index contributed by atoms with van der Waals surface area (Å²) in [5.74, 6) is 1.17. The second-order valence-corrected chi connectivity index (χ2v) is 8.97. The maximum absolute atomic E-state index is 13.0. The number of amides is 1. The van der Waals surface area contributed by atoms with Crippen LogP contribution in [0.25, 0.3) is 33.7 Å². The average molecular weight is 503 g/mol. The molecule has 0 saturated heterocycles. The fourth-order valence-electron chi connectivity index (χ4n) is 4.65. The van der Waals surface area contributed by atoms with Gasteiger partial charge in [-0.2, -0.15) is 18.3 Å². The first kappa shape index (κ1) is 22.9. The van der Waals surface area contributed by atoms with Gasteiger partial charge in [-0.25, -0.2) is 15.0 Å². The number of hydrogen-bond acceptors (Lipinski definition) is 5. The van der Waals surface area contributed by atoms with Crippen LogP contribution in [0.4, 0.5) is 19.0 Å². The minimum absolute atomic E-state index is 0.0943. The van der Waals surface area contributed by atoms with E-state index >= 15 is 0 Å². The zero-order valence-corrected chi connectivity index (χ0v) is 19.9. The van der Waals surface area contributed by atoms with Gasteiger partial charge in [0.2, 0.25) is 5.91 Å². The van der Waals surface area contributed by atoms with E-state index in [0.29, 0.717) is 17.2 Å². The third-order valence-electron chi connectivity index (χ3n) is 6.46. The Morgan fingerprint density at radius 3 is 2.51 bits per heavy atom. The van der Waals surface area contributed by atoms with E-state index in [1.54, 1.807) is 46.2 Å². The van der Waals surface area contributed by atoms with Gasteiger partial charge in [0.15, 0.2) is 11.5 Å². The van der Waals surface area contributed by atoms with Crippen molar-refractivity contribution in [1.82, 2.24) is 29.3 Å². The van der Waals surface area contributed by atoms with Crippen LogP contribution in [0.2, 0.25) is 0 Å². The van der Waals surface area contributed by atoms with Crippen molar-refractivity contribution in [3.8, 4) is 22.8 Å². The largest absolute Gasteiger partial charge is 0.434 e. The Labute approximate surface area is 209 Å². The predicted octanol–water partition coefficient (Wildman–Crippen LogP) is 4.54. The topological polar surface area (TPSA) is 81.7 Å². The third kappa shape index (κ3) is 3.92. The molecule has 0 unspecified atom stereocenters. The van der Waals surface area contributed by atoms with Crippen LogP contribution in [-0.4, -0.2) is 35.2 Å². The van der Waals surface area contributed by atoms with Crippen LogP contribution in [0.1, 0.15) is 16.8 Å². The van der Waals surface area contributed by atoms with E-state index in [9.17, 15) is 18.0 Å². The average Bonchev–Trinajstić information content (AvgIpc) is 3.54. The highest BCUT2D eigenvalue weighted by Gasteiger charge is 2.34. The van der Waals surface area contributed by atoms with Crippen molar-refractivity contribution < 1.29 is 18.0 Å². The highest BCUT2D eigenvalue weighted by Crippen LogP contribution is 2.33. The number of carbonyl (C=O) groups excluding carboxylic acids is 1. The summed E-state index contributed by atoms with van der Waals surface area (Å²) in [7, 11) is 3.38. The zero-order chi connectivity index (χ0) is 25.9. The van der Waals surface area contributed by atoms with Crippen molar-refractivity contribution in [2.24, 2.45) is 14.1 Å². The summed E-state index contributed by atoms with van der Waals surface area (Å²) in [5, 5.41) is 5.28. The fraction of sp³-hybridized carbons (Fsp3) is 0.192. The minimum atomic E-state index is -4.51. The third-order valence-corrected chi connectivity index (χ3v) is 6.46. The Balaban J connectivity index is 1.30. The van der Waals surface area contributed by atoms with Crippen molar-refractivity contribution in [3.63, 3.8) is 0 Å². The molecule has 1 aliphatic rings. The maximum atomic E-state index is 13.0. The number of hydrogen-bond donors (Lipinski definition) is 0. The van der Waals surface area contributed by atoms with Crippen LogP contribution >= 0.6 is 0 Å². The molecule has 0 spiro atoms. The van der Waals surface area contributed by atoms with Crippen LogP contribution in [0, 0.1) is 0 Å². The first-order valence-electron chi connectivity index (χ1n) is 11.5. The molecule has 11 heteroatoms. The summed E-state index contributed by atoms with van der Waals surface area (Å²) in [5.41, 5.74) is 2.88. The summed E-state index contributed by atoms with van der Waals surface area (Å²) in [6.07, 6.45) is 0.125. The lowest BCUT2D eigenvalue weighted by atomic mass is 10.1.